The predicted octanol–water partition coefficient (Wildman–Crippen LogP) is 3.58. The summed E-state index contributed by atoms with van der Waals surface area (Å²) in [7, 11) is 0. The van der Waals surface area contributed by atoms with Crippen LogP contribution in [0.25, 0.3) is 0 Å². The van der Waals surface area contributed by atoms with Crippen LogP contribution in [0, 0.1) is 6.92 Å². The monoisotopic (exact) mass is 351 g/mol. The standard InChI is InChI=1S/C18H17N5OS/c1-11-5-7-13(8-6-11)22-17(24)15-12(2)21-18-19-10-20-23(18)16(15)14-4-3-9-25-14/h3-10,16H,1-2H3,(H,22,24)(H,19,20,21). The first kappa shape index (κ1) is 15.6. The van der Waals surface area contributed by atoms with Crippen LogP contribution >= 0.6 is 11.3 Å². The van der Waals surface area contributed by atoms with Gasteiger partial charge in [0.1, 0.15) is 12.4 Å². The van der Waals surface area contributed by atoms with E-state index >= 15 is 0 Å². The third kappa shape index (κ3) is 2.83. The van der Waals surface area contributed by atoms with Gasteiger partial charge < -0.3 is 10.6 Å². The van der Waals surface area contributed by atoms with E-state index in [1.807, 2.05) is 55.6 Å². The fourth-order valence-corrected chi connectivity index (χ4v) is 3.75. The summed E-state index contributed by atoms with van der Waals surface area (Å²) in [4.78, 5) is 18.3. The Kier molecular flexibility index (Phi) is 3.85. The fourth-order valence-electron chi connectivity index (χ4n) is 2.93. The van der Waals surface area contributed by atoms with Gasteiger partial charge in [-0.3, -0.25) is 4.79 Å². The lowest BCUT2D eigenvalue weighted by Gasteiger charge is -2.27. The second-order valence-corrected chi connectivity index (χ2v) is 6.91. The Morgan fingerprint density at radius 1 is 1.24 bits per heavy atom. The minimum Gasteiger partial charge on any atom is -0.328 e. The van der Waals surface area contributed by atoms with Gasteiger partial charge in [-0.2, -0.15) is 10.1 Å². The van der Waals surface area contributed by atoms with Crippen LogP contribution in [-0.4, -0.2) is 20.7 Å². The summed E-state index contributed by atoms with van der Waals surface area (Å²) in [5.41, 5.74) is 3.34. The van der Waals surface area contributed by atoms with E-state index in [9.17, 15) is 4.79 Å². The van der Waals surface area contributed by atoms with E-state index in [1.54, 1.807) is 16.0 Å². The number of allylic oxidation sites excluding steroid dienone is 1. The van der Waals surface area contributed by atoms with Gasteiger partial charge in [0.05, 0.1) is 5.57 Å². The molecule has 7 heteroatoms. The summed E-state index contributed by atoms with van der Waals surface area (Å²) in [5, 5.41) is 12.5. The van der Waals surface area contributed by atoms with Gasteiger partial charge >= 0.3 is 0 Å². The van der Waals surface area contributed by atoms with Crippen LogP contribution in [-0.2, 0) is 4.79 Å². The van der Waals surface area contributed by atoms with Gasteiger partial charge in [0.2, 0.25) is 5.95 Å². The van der Waals surface area contributed by atoms with Crippen LogP contribution in [0.1, 0.15) is 23.4 Å². The van der Waals surface area contributed by atoms with Crippen molar-refractivity contribution in [3.63, 3.8) is 0 Å². The fraction of sp³-hybridized carbons (Fsp3) is 0.167. The van der Waals surface area contributed by atoms with Crippen LogP contribution in [0.15, 0.2) is 59.4 Å². The van der Waals surface area contributed by atoms with Crippen molar-refractivity contribution >= 4 is 28.9 Å². The number of nitrogens with zero attached hydrogens (tertiary/aromatic N) is 3. The minimum atomic E-state index is -0.288. The van der Waals surface area contributed by atoms with Gasteiger partial charge in [0, 0.05) is 16.3 Å². The Bertz CT molecular complexity index is 940. The summed E-state index contributed by atoms with van der Waals surface area (Å²) in [5.74, 6) is 0.496. The Morgan fingerprint density at radius 3 is 2.76 bits per heavy atom. The van der Waals surface area contributed by atoms with Crippen LogP contribution in [0.5, 0.6) is 0 Å². The second kappa shape index (κ2) is 6.18. The molecule has 126 valence electrons. The van der Waals surface area contributed by atoms with Gasteiger partial charge in [-0.05, 0) is 37.4 Å². The van der Waals surface area contributed by atoms with E-state index in [4.69, 9.17) is 0 Å². The molecule has 3 heterocycles. The number of aryl methyl sites for hydroxylation is 1. The number of anilines is 2. The second-order valence-electron chi connectivity index (χ2n) is 5.93. The van der Waals surface area contributed by atoms with Gasteiger partial charge in [0.15, 0.2) is 0 Å². The Hall–Kier alpha value is -2.93. The maximum Gasteiger partial charge on any atom is 0.255 e. The number of hydrogen-bond donors (Lipinski definition) is 2. The summed E-state index contributed by atoms with van der Waals surface area (Å²) < 4.78 is 1.75. The molecule has 1 aliphatic heterocycles. The molecule has 0 saturated heterocycles. The zero-order chi connectivity index (χ0) is 17.4. The lowest BCUT2D eigenvalue weighted by Crippen LogP contribution is -2.31. The van der Waals surface area contributed by atoms with Crippen molar-refractivity contribution in [2.24, 2.45) is 0 Å². The molecule has 1 aromatic carbocycles. The first-order valence-corrected chi connectivity index (χ1v) is 8.80. The van der Waals surface area contributed by atoms with E-state index < -0.39 is 0 Å². The number of rotatable bonds is 3. The number of fused-ring (bicyclic) bond motifs is 1. The molecular weight excluding hydrogens is 334 g/mol. The average Bonchev–Trinajstić information content (AvgIpc) is 3.26. The van der Waals surface area contributed by atoms with Crippen LogP contribution in [0.4, 0.5) is 11.6 Å². The smallest absolute Gasteiger partial charge is 0.255 e. The topological polar surface area (TPSA) is 71.8 Å². The third-order valence-corrected chi connectivity index (χ3v) is 5.09. The van der Waals surface area contributed by atoms with Crippen molar-refractivity contribution in [2.45, 2.75) is 19.9 Å². The van der Waals surface area contributed by atoms with Gasteiger partial charge in [-0.15, -0.1) is 11.3 Å². The molecule has 1 unspecified atom stereocenters. The van der Waals surface area contributed by atoms with Crippen molar-refractivity contribution in [2.75, 3.05) is 10.6 Å². The molecule has 2 aromatic heterocycles. The molecule has 1 aliphatic rings. The van der Waals surface area contributed by atoms with Crippen LogP contribution < -0.4 is 10.6 Å². The summed E-state index contributed by atoms with van der Waals surface area (Å²) in [6.07, 6.45) is 1.50. The lowest BCUT2D eigenvalue weighted by molar-refractivity contribution is -0.113. The molecule has 2 N–H and O–H groups in total. The van der Waals surface area contributed by atoms with Crippen molar-refractivity contribution < 1.29 is 4.79 Å². The maximum atomic E-state index is 13.0. The highest BCUT2D eigenvalue weighted by molar-refractivity contribution is 7.10. The largest absolute Gasteiger partial charge is 0.328 e. The zero-order valence-electron chi connectivity index (χ0n) is 13.9. The third-order valence-electron chi connectivity index (χ3n) is 4.16. The van der Waals surface area contributed by atoms with Gasteiger partial charge in [0.25, 0.3) is 5.91 Å². The Labute approximate surface area is 149 Å². The number of amides is 1. The number of aromatic nitrogens is 3. The maximum absolute atomic E-state index is 13.0. The molecule has 3 aromatic rings. The Balaban J connectivity index is 1.72. The molecule has 0 radical (unpaired) electrons. The molecule has 4 rings (SSSR count). The zero-order valence-corrected chi connectivity index (χ0v) is 14.7. The summed E-state index contributed by atoms with van der Waals surface area (Å²) >= 11 is 1.60. The predicted molar refractivity (Wildman–Crippen MR) is 98.6 cm³/mol. The molecule has 0 aliphatic carbocycles. The van der Waals surface area contributed by atoms with E-state index in [0.29, 0.717) is 11.5 Å². The number of carbonyl (C=O) groups is 1. The molecule has 1 amide bonds. The molecule has 1 atom stereocenters. The number of hydrogen-bond acceptors (Lipinski definition) is 5. The SMILES string of the molecule is CC1=C(C(=O)Nc2ccc(C)cc2)C(c2cccs2)n2ncnc2N1. The number of benzene rings is 1. The van der Waals surface area contributed by atoms with Crippen molar-refractivity contribution in [3.05, 3.63) is 69.8 Å². The number of nitrogens with one attached hydrogen (secondary N) is 2. The van der Waals surface area contributed by atoms with Crippen molar-refractivity contribution in [1.29, 1.82) is 0 Å². The first-order chi connectivity index (χ1) is 12.1. The Morgan fingerprint density at radius 2 is 2.04 bits per heavy atom. The van der Waals surface area contributed by atoms with Crippen LogP contribution in [0.3, 0.4) is 0 Å². The van der Waals surface area contributed by atoms with E-state index in [0.717, 1.165) is 21.8 Å². The van der Waals surface area contributed by atoms with E-state index in [2.05, 4.69) is 20.7 Å². The van der Waals surface area contributed by atoms with Crippen LogP contribution in [0.2, 0.25) is 0 Å². The molecule has 6 nitrogen and oxygen atoms in total. The highest BCUT2D eigenvalue weighted by atomic mass is 32.1. The highest BCUT2D eigenvalue weighted by Crippen LogP contribution is 2.37. The molecule has 0 saturated carbocycles. The molecule has 25 heavy (non-hydrogen) atoms. The summed E-state index contributed by atoms with van der Waals surface area (Å²) in [6.45, 7) is 3.91. The molecule has 0 bridgehead atoms. The summed E-state index contributed by atoms with van der Waals surface area (Å²) in [6, 6.07) is 11.5. The van der Waals surface area contributed by atoms with Gasteiger partial charge in [-0.25, -0.2) is 4.68 Å². The van der Waals surface area contributed by atoms with E-state index in [-0.39, 0.29) is 11.9 Å². The molecule has 0 spiro atoms. The number of carbonyl (C=O) groups excluding carboxylic acids is 1. The quantitative estimate of drug-likeness (QED) is 0.757. The lowest BCUT2D eigenvalue weighted by atomic mass is 10.0. The first-order valence-electron chi connectivity index (χ1n) is 7.92. The van der Waals surface area contributed by atoms with Gasteiger partial charge in [-0.1, -0.05) is 23.8 Å². The van der Waals surface area contributed by atoms with Crippen molar-refractivity contribution in [3.8, 4) is 0 Å². The highest BCUT2D eigenvalue weighted by Gasteiger charge is 2.33. The molecular formula is C18H17N5OS. The van der Waals surface area contributed by atoms with E-state index in [1.165, 1.54) is 6.33 Å². The average molecular weight is 351 g/mol. The number of thiophene rings is 1. The minimum absolute atomic E-state index is 0.145. The van der Waals surface area contributed by atoms with Crippen molar-refractivity contribution in [1.82, 2.24) is 14.8 Å². The normalized spacial score (nSPS) is 16.3. The molecule has 0 fully saturated rings.